The van der Waals surface area contributed by atoms with Crippen molar-refractivity contribution in [2.45, 2.75) is 38.3 Å². The maximum atomic E-state index is 6.21. The number of nitrogen functional groups attached to an aromatic ring is 1. The molecule has 5 heteroatoms. The second kappa shape index (κ2) is 4.60. The molecule has 0 spiro atoms. The smallest absolute Gasteiger partial charge is 0.0907 e. The molecule has 2 saturated heterocycles. The first kappa shape index (κ1) is 12.4. The van der Waals surface area contributed by atoms with Crippen LogP contribution in [-0.2, 0) is 0 Å². The SMILES string of the molecule is Cc1nc2cc(NC3CCN4CCCC34)c(N)cc2s1. The molecule has 2 aromatic rings. The van der Waals surface area contributed by atoms with Gasteiger partial charge in [-0.2, -0.15) is 0 Å². The first-order valence-electron chi connectivity index (χ1n) is 7.38. The largest absolute Gasteiger partial charge is 0.397 e. The van der Waals surface area contributed by atoms with Crippen LogP contribution in [0.2, 0.25) is 0 Å². The summed E-state index contributed by atoms with van der Waals surface area (Å²) in [6, 6.07) is 5.41. The number of nitrogens with one attached hydrogen (secondary N) is 1. The third-order valence-electron chi connectivity index (χ3n) is 4.61. The molecule has 3 heterocycles. The van der Waals surface area contributed by atoms with Gasteiger partial charge in [0, 0.05) is 18.6 Å². The third-order valence-corrected chi connectivity index (χ3v) is 5.55. The van der Waals surface area contributed by atoms with Crippen LogP contribution < -0.4 is 11.1 Å². The van der Waals surface area contributed by atoms with Gasteiger partial charge >= 0.3 is 0 Å². The minimum Gasteiger partial charge on any atom is -0.397 e. The van der Waals surface area contributed by atoms with Gasteiger partial charge in [0.15, 0.2) is 0 Å². The highest BCUT2D eigenvalue weighted by Gasteiger charge is 2.37. The molecule has 1 aromatic heterocycles. The Hall–Kier alpha value is -1.33. The van der Waals surface area contributed by atoms with E-state index in [2.05, 4.69) is 27.3 Å². The Morgan fingerprint density at radius 2 is 2.25 bits per heavy atom. The minimum atomic E-state index is 0.539. The molecule has 0 amide bonds. The lowest BCUT2D eigenvalue weighted by Gasteiger charge is -2.23. The number of nitrogens with two attached hydrogens (primary N) is 1. The van der Waals surface area contributed by atoms with Gasteiger partial charge < -0.3 is 11.1 Å². The maximum absolute atomic E-state index is 6.21. The summed E-state index contributed by atoms with van der Waals surface area (Å²) >= 11 is 1.71. The summed E-state index contributed by atoms with van der Waals surface area (Å²) in [5.74, 6) is 0. The highest BCUT2D eigenvalue weighted by Crippen LogP contribution is 2.34. The van der Waals surface area contributed by atoms with Crippen LogP contribution in [0.5, 0.6) is 0 Å². The Labute approximate surface area is 123 Å². The van der Waals surface area contributed by atoms with E-state index in [0.29, 0.717) is 12.1 Å². The van der Waals surface area contributed by atoms with E-state index < -0.39 is 0 Å². The highest BCUT2D eigenvalue weighted by atomic mass is 32.1. The van der Waals surface area contributed by atoms with Gasteiger partial charge in [-0.25, -0.2) is 4.98 Å². The molecule has 2 fully saturated rings. The summed E-state index contributed by atoms with van der Waals surface area (Å²) in [6.07, 6.45) is 3.87. The molecule has 0 bridgehead atoms. The topological polar surface area (TPSA) is 54.2 Å². The van der Waals surface area contributed by atoms with Gasteiger partial charge in [-0.05, 0) is 44.9 Å². The zero-order valence-electron chi connectivity index (χ0n) is 11.7. The van der Waals surface area contributed by atoms with Gasteiger partial charge in [0.25, 0.3) is 0 Å². The molecular weight excluding hydrogens is 268 g/mol. The fourth-order valence-electron chi connectivity index (χ4n) is 3.68. The van der Waals surface area contributed by atoms with Crippen LogP contribution in [0.3, 0.4) is 0 Å². The molecule has 2 aliphatic heterocycles. The van der Waals surface area contributed by atoms with E-state index in [1.807, 2.05) is 6.92 Å². The number of hydrogen-bond acceptors (Lipinski definition) is 5. The standard InChI is InChI=1S/C15H20N4S/c1-9-17-13-8-12(10(16)7-15(13)20-9)18-11-4-6-19-5-2-3-14(11)19/h7-8,11,14,18H,2-6,16H2,1H3. The van der Waals surface area contributed by atoms with Crippen molar-refractivity contribution in [3.05, 3.63) is 17.1 Å². The summed E-state index contributed by atoms with van der Waals surface area (Å²) in [7, 11) is 0. The number of rotatable bonds is 2. The van der Waals surface area contributed by atoms with Gasteiger partial charge in [0.2, 0.25) is 0 Å². The van der Waals surface area contributed by atoms with Crippen molar-refractivity contribution < 1.29 is 0 Å². The summed E-state index contributed by atoms with van der Waals surface area (Å²) < 4.78 is 1.18. The van der Waals surface area contributed by atoms with Crippen LogP contribution in [0.1, 0.15) is 24.3 Å². The van der Waals surface area contributed by atoms with Crippen molar-refractivity contribution in [2.24, 2.45) is 0 Å². The van der Waals surface area contributed by atoms with E-state index in [4.69, 9.17) is 5.73 Å². The first-order chi connectivity index (χ1) is 9.70. The second-order valence-electron chi connectivity index (χ2n) is 5.93. The number of aromatic nitrogens is 1. The number of hydrogen-bond donors (Lipinski definition) is 2. The number of nitrogens with zero attached hydrogens (tertiary/aromatic N) is 2. The number of anilines is 2. The fraction of sp³-hybridized carbons (Fsp3) is 0.533. The van der Waals surface area contributed by atoms with Crippen molar-refractivity contribution in [2.75, 3.05) is 24.1 Å². The van der Waals surface area contributed by atoms with Crippen LogP contribution in [0.15, 0.2) is 12.1 Å². The Morgan fingerprint density at radius 3 is 3.15 bits per heavy atom. The van der Waals surface area contributed by atoms with Crippen LogP contribution in [0.25, 0.3) is 10.2 Å². The van der Waals surface area contributed by atoms with Crippen molar-refractivity contribution in [1.82, 2.24) is 9.88 Å². The number of thiazole rings is 1. The van der Waals surface area contributed by atoms with Crippen molar-refractivity contribution in [1.29, 1.82) is 0 Å². The highest BCUT2D eigenvalue weighted by molar-refractivity contribution is 7.18. The summed E-state index contributed by atoms with van der Waals surface area (Å²) in [6.45, 7) is 4.53. The molecule has 106 valence electrons. The monoisotopic (exact) mass is 288 g/mol. The maximum Gasteiger partial charge on any atom is 0.0907 e. The molecule has 3 N–H and O–H groups in total. The third kappa shape index (κ3) is 1.96. The lowest BCUT2D eigenvalue weighted by atomic mass is 10.1. The van der Waals surface area contributed by atoms with Crippen LogP contribution in [0.4, 0.5) is 11.4 Å². The van der Waals surface area contributed by atoms with E-state index in [1.165, 1.54) is 37.1 Å². The molecule has 4 rings (SSSR count). The first-order valence-corrected chi connectivity index (χ1v) is 8.19. The van der Waals surface area contributed by atoms with Crippen LogP contribution in [0, 0.1) is 6.92 Å². The Balaban J connectivity index is 1.63. The van der Waals surface area contributed by atoms with E-state index in [0.717, 1.165) is 21.9 Å². The van der Waals surface area contributed by atoms with Gasteiger partial charge in [0.05, 0.1) is 26.6 Å². The molecule has 0 aliphatic carbocycles. The molecule has 0 saturated carbocycles. The Bertz CT molecular complexity index is 651. The summed E-state index contributed by atoms with van der Waals surface area (Å²) in [4.78, 5) is 7.18. The predicted octanol–water partition coefficient (Wildman–Crippen LogP) is 2.84. The molecular formula is C15H20N4S. The van der Waals surface area contributed by atoms with Crippen molar-refractivity contribution in [3.8, 4) is 0 Å². The molecule has 2 aliphatic rings. The Morgan fingerprint density at radius 1 is 1.35 bits per heavy atom. The molecule has 0 radical (unpaired) electrons. The number of fused-ring (bicyclic) bond motifs is 2. The quantitative estimate of drug-likeness (QED) is 0.834. The van der Waals surface area contributed by atoms with E-state index >= 15 is 0 Å². The van der Waals surface area contributed by atoms with Gasteiger partial charge in [-0.1, -0.05) is 0 Å². The Kier molecular flexibility index (Phi) is 2.86. The van der Waals surface area contributed by atoms with E-state index in [1.54, 1.807) is 11.3 Å². The normalized spacial score (nSPS) is 26.2. The zero-order chi connectivity index (χ0) is 13.7. The van der Waals surface area contributed by atoms with Crippen molar-refractivity contribution in [3.63, 3.8) is 0 Å². The fourth-order valence-corrected chi connectivity index (χ4v) is 4.54. The molecule has 1 aromatic carbocycles. The second-order valence-corrected chi connectivity index (χ2v) is 7.16. The van der Waals surface area contributed by atoms with E-state index in [9.17, 15) is 0 Å². The van der Waals surface area contributed by atoms with Gasteiger partial charge in [0.1, 0.15) is 0 Å². The zero-order valence-corrected chi connectivity index (χ0v) is 12.5. The molecule has 2 atom stereocenters. The van der Waals surface area contributed by atoms with Gasteiger partial charge in [-0.15, -0.1) is 11.3 Å². The van der Waals surface area contributed by atoms with Gasteiger partial charge in [-0.3, -0.25) is 4.90 Å². The summed E-state index contributed by atoms with van der Waals surface area (Å²) in [5, 5.41) is 4.78. The lowest BCUT2D eigenvalue weighted by Crippen LogP contribution is -2.33. The minimum absolute atomic E-state index is 0.539. The number of benzene rings is 1. The average Bonchev–Trinajstić information content (AvgIpc) is 3.06. The van der Waals surface area contributed by atoms with Crippen molar-refractivity contribution >= 4 is 32.9 Å². The molecule has 20 heavy (non-hydrogen) atoms. The number of aryl methyl sites for hydroxylation is 1. The van der Waals surface area contributed by atoms with E-state index in [-0.39, 0.29) is 0 Å². The van der Waals surface area contributed by atoms with Crippen LogP contribution in [-0.4, -0.2) is 35.1 Å². The lowest BCUT2D eigenvalue weighted by molar-refractivity contribution is 0.318. The molecule has 4 nitrogen and oxygen atoms in total. The average molecular weight is 288 g/mol. The molecule has 2 unspecified atom stereocenters. The van der Waals surface area contributed by atoms with Crippen LogP contribution >= 0.6 is 11.3 Å². The summed E-state index contributed by atoms with van der Waals surface area (Å²) in [5.41, 5.74) is 9.18. The predicted molar refractivity (Wildman–Crippen MR) is 85.4 cm³/mol.